The molecule has 1 aliphatic rings. The van der Waals surface area contributed by atoms with Crippen molar-refractivity contribution in [1.82, 2.24) is 10.3 Å². The highest BCUT2D eigenvalue weighted by molar-refractivity contribution is 5.92. The molecule has 2 rings (SSSR count). The minimum atomic E-state index is -1.06. The summed E-state index contributed by atoms with van der Waals surface area (Å²) in [5.74, 6) is -0.581. The molecule has 0 saturated carbocycles. The molecule has 0 aromatic carbocycles. The number of nitrogens with one attached hydrogen (secondary N) is 1. The first-order chi connectivity index (χ1) is 8.54. The maximum atomic E-state index is 10.9. The molecule has 0 unspecified atom stereocenters. The van der Waals surface area contributed by atoms with Crippen LogP contribution < -0.4 is 11.1 Å². The molecule has 1 saturated heterocycles. The maximum absolute atomic E-state index is 10.9. The molecule has 1 aromatic heterocycles. The number of aliphatic hydroxyl groups excluding tert-OH is 3. The number of nitrogens with two attached hydrogens (primary N) is 1. The Kier molecular flexibility index (Phi) is 3.58. The third-order valence-corrected chi connectivity index (χ3v) is 3.08. The number of carbonyl (C=O) groups excluding carboxylic acids is 1. The summed E-state index contributed by atoms with van der Waals surface area (Å²) in [5, 5.41) is 31.4. The highest BCUT2D eigenvalue weighted by Gasteiger charge is 2.41. The van der Waals surface area contributed by atoms with Crippen molar-refractivity contribution in [3.05, 3.63) is 29.6 Å². The predicted octanol–water partition coefficient (Wildman–Crippen LogP) is -2.09. The lowest BCUT2D eigenvalue weighted by atomic mass is 10.0. The fraction of sp³-hybridized carbons (Fsp3) is 0.455. The van der Waals surface area contributed by atoms with Gasteiger partial charge in [0.2, 0.25) is 5.91 Å². The second-order valence-electron chi connectivity index (χ2n) is 4.25. The third-order valence-electron chi connectivity index (χ3n) is 3.08. The van der Waals surface area contributed by atoms with E-state index in [1.165, 1.54) is 12.3 Å². The van der Waals surface area contributed by atoms with Gasteiger partial charge < -0.3 is 21.1 Å². The summed E-state index contributed by atoms with van der Waals surface area (Å²) in [6, 6.07) is 1.87. The Bertz CT molecular complexity index is 436. The number of pyridine rings is 1. The van der Waals surface area contributed by atoms with Crippen molar-refractivity contribution in [3.8, 4) is 0 Å². The summed E-state index contributed by atoms with van der Waals surface area (Å²) in [4.78, 5) is 14.9. The van der Waals surface area contributed by atoms with Gasteiger partial charge in [0, 0.05) is 6.20 Å². The number of primary amides is 1. The topological polar surface area (TPSA) is 129 Å². The predicted molar refractivity (Wildman–Crippen MR) is 61.5 cm³/mol. The molecular weight excluding hydrogens is 238 g/mol. The molecule has 1 fully saturated rings. The van der Waals surface area contributed by atoms with Gasteiger partial charge in [-0.1, -0.05) is 0 Å². The highest BCUT2D eigenvalue weighted by Crippen LogP contribution is 2.26. The molecule has 0 spiro atoms. The Hall–Kier alpha value is -1.54. The van der Waals surface area contributed by atoms with Gasteiger partial charge in [-0.15, -0.1) is 0 Å². The number of carbonyl (C=O) groups is 1. The van der Waals surface area contributed by atoms with Crippen molar-refractivity contribution in [3.63, 3.8) is 0 Å². The molecule has 18 heavy (non-hydrogen) atoms. The Morgan fingerprint density at radius 3 is 2.56 bits per heavy atom. The lowest BCUT2D eigenvalue weighted by molar-refractivity contribution is 0.0190. The molecule has 1 aromatic rings. The minimum absolute atomic E-state index is 0.269. The van der Waals surface area contributed by atoms with E-state index in [-0.39, 0.29) is 12.2 Å². The van der Waals surface area contributed by atoms with Crippen molar-refractivity contribution in [2.75, 3.05) is 6.61 Å². The van der Waals surface area contributed by atoms with Gasteiger partial charge in [-0.3, -0.25) is 15.1 Å². The molecule has 4 atom stereocenters. The third kappa shape index (κ3) is 2.21. The van der Waals surface area contributed by atoms with E-state index in [1.54, 1.807) is 6.07 Å². The summed E-state index contributed by atoms with van der Waals surface area (Å²) >= 11 is 0. The minimum Gasteiger partial charge on any atom is -0.395 e. The molecule has 0 bridgehead atoms. The van der Waals surface area contributed by atoms with Crippen LogP contribution in [-0.2, 0) is 0 Å². The van der Waals surface area contributed by atoms with Gasteiger partial charge >= 0.3 is 0 Å². The normalized spacial score (nSPS) is 31.5. The number of aliphatic hydroxyl groups is 3. The molecule has 7 heteroatoms. The summed E-state index contributed by atoms with van der Waals surface area (Å²) in [6.45, 7) is -0.284. The molecule has 6 N–H and O–H groups in total. The Balaban J connectivity index is 2.19. The summed E-state index contributed by atoms with van der Waals surface area (Å²) in [6.07, 6.45) is -0.809. The number of aromatic nitrogens is 1. The van der Waals surface area contributed by atoms with Crippen LogP contribution in [0, 0.1) is 0 Å². The van der Waals surface area contributed by atoms with E-state index in [9.17, 15) is 15.0 Å². The Labute approximate surface area is 103 Å². The van der Waals surface area contributed by atoms with E-state index in [0.29, 0.717) is 5.69 Å². The zero-order chi connectivity index (χ0) is 13.3. The first-order valence-electron chi connectivity index (χ1n) is 5.53. The van der Waals surface area contributed by atoms with Gasteiger partial charge in [0.25, 0.3) is 0 Å². The lowest BCUT2D eigenvalue weighted by Crippen LogP contribution is -2.35. The van der Waals surface area contributed by atoms with Crippen LogP contribution in [0.15, 0.2) is 18.3 Å². The van der Waals surface area contributed by atoms with Gasteiger partial charge in [0.05, 0.1) is 36.1 Å². The molecule has 1 amide bonds. The van der Waals surface area contributed by atoms with Crippen molar-refractivity contribution in [2.24, 2.45) is 5.73 Å². The quantitative estimate of drug-likeness (QED) is 0.420. The van der Waals surface area contributed by atoms with Gasteiger partial charge in [-0.05, 0) is 12.1 Å². The van der Waals surface area contributed by atoms with Crippen molar-refractivity contribution >= 4 is 5.91 Å². The van der Waals surface area contributed by atoms with E-state index < -0.39 is 30.2 Å². The second kappa shape index (κ2) is 4.99. The van der Waals surface area contributed by atoms with Crippen molar-refractivity contribution < 1.29 is 20.1 Å². The standard InChI is InChI=1S/C11H15N3O4/c12-11(18)5-1-2-6(13-3-5)8-10(17)9(16)7(4-15)14-8/h1-3,7-10,14-17H,4H2,(H2,12,18)/t7-,8+,9-,10+/m1/s1. The van der Waals surface area contributed by atoms with E-state index >= 15 is 0 Å². The van der Waals surface area contributed by atoms with E-state index in [1.807, 2.05) is 0 Å². The van der Waals surface area contributed by atoms with Crippen LogP contribution in [0.2, 0.25) is 0 Å². The molecule has 98 valence electrons. The van der Waals surface area contributed by atoms with Crippen LogP contribution in [0.5, 0.6) is 0 Å². The monoisotopic (exact) mass is 253 g/mol. The second-order valence-corrected chi connectivity index (χ2v) is 4.25. The van der Waals surface area contributed by atoms with Crippen LogP contribution in [0.25, 0.3) is 0 Å². The van der Waals surface area contributed by atoms with Gasteiger partial charge in [0.1, 0.15) is 6.10 Å². The maximum Gasteiger partial charge on any atom is 0.250 e. The van der Waals surface area contributed by atoms with Crippen molar-refractivity contribution in [2.45, 2.75) is 24.3 Å². The molecule has 7 nitrogen and oxygen atoms in total. The molecular formula is C11H15N3O4. The van der Waals surface area contributed by atoms with Gasteiger partial charge in [-0.25, -0.2) is 0 Å². The summed E-state index contributed by atoms with van der Waals surface area (Å²) < 4.78 is 0. The molecule has 1 aliphatic heterocycles. The largest absolute Gasteiger partial charge is 0.395 e. The first-order valence-corrected chi connectivity index (χ1v) is 5.53. The van der Waals surface area contributed by atoms with Gasteiger partial charge in [0.15, 0.2) is 0 Å². The fourth-order valence-electron chi connectivity index (χ4n) is 2.02. The van der Waals surface area contributed by atoms with Crippen LogP contribution in [0.4, 0.5) is 0 Å². The number of hydrogen-bond acceptors (Lipinski definition) is 6. The van der Waals surface area contributed by atoms with E-state index in [2.05, 4.69) is 10.3 Å². The first kappa shape index (κ1) is 12.9. The van der Waals surface area contributed by atoms with Crippen molar-refractivity contribution in [1.29, 1.82) is 0 Å². The van der Waals surface area contributed by atoms with Crippen LogP contribution in [-0.4, -0.2) is 51.1 Å². The lowest BCUT2D eigenvalue weighted by Gasteiger charge is -2.15. The highest BCUT2D eigenvalue weighted by atomic mass is 16.3. The number of hydrogen-bond donors (Lipinski definition) is 5. The molecule has 2 heterocycles. The molecule has 0 radical (unpaired) electrons. The summed E-state index contributed by atoms with van der Waals surface area (Å²) in [5.41, 5.74) is 5.84. The number of rotatable bonds is 3. The van der Waals surface area contributed by atoms with Crippen LogP contribution in [0.3, 0.4) is 0 Å². The molecule has 0 aliphatic carbocycles. The Morgan fingerprint density at radius 1 is 1.39 bits per heavy atom. The van der Waals surface area contributed by atoms with E-state index in [0.717, 1.165) is 0 Å². The zero-order valence-electron chi connectivity index (χ0n) is 9.52. The van der Waals surface area contributed by atoms with Crippen LogP contribution in [0.1, 0.15) is 22.1 Å². The number of amides is 1. The SMILES string of the molecule is NC(=O)c1ccc([C@@H]2N[C@H](CO)[C@@H](O)[C@H]2O)nc1. The Morgan fingerprint density at radius 2 is 2.11 bits per heavy atom. The average Bonchev–Trinajstić information content (AvgIpc) is 2.66. The summed E-state index contributed by atoms with van der Waals surface area (Å²) in [7, 11) is 0. The zero-order valence-corrected chi connectivity index (χ0v) is 9.52. The van der Waals surface area contributed by atoms with Gasteiger partial charge in [-0.2, -0.15) is 0 Å². The smallest absolute Gasteiger partial charge is 0.250 e. The average molecular weight is 253 g/mol. The number of nitrogens with zero attached hydrogens (tertiary/aromatic N) is 1. The fourth-order valence-corrected chi connectivity index (χ4v) is 2.02. The van der Waals surface area contributed by atoms with Crippen LogP contribution >= 0.6 is 0 Å². The van der Waals surface area contributed by atoms with E-state index in [4.69, 9.17) is 10.8 Å².